The number of aryl methyl sites for hydroxylation is 1. The van der Waals surface area contributed by atoms with Gasteiger partial charge in [0, 0.05) is 37.4 Å². The molecule has 2 heterocycles. The van der Waals surface area contributed by atoms with E-state index in [0.29, 0.717) is 30.6 Å². The molecule has 3 amide bonds. The number of piperidine rings is 1. The van der Waals surface area contributed by atoms with Gasteiger partial charge in [-0.15, -0.1) is 0 Å². The molecule has 3 rings (SSSR count). The number of hydrogen-bond acceptors (Lipinski definition) is 3. The normalized spacial score (nSPS) is 20.1. The van der Waals surface area contributed by atoms with Gasteiger partial charge in [-0.05, 0) is 56.4 Å². The molecule has 2 aliphatic heterocycles. The quantitative estimate of drug-likeness (QED) is 0.868. The molecule has 26 heavy (non-hydrogen) atoms. The topological polar surface area (TPSA) is 90.0 Å². The first-order valence-corrected chi connectivity index (χ1v) is 9.14. The number of likely N-dealkylation sites (tertiary alicyclic amines) is 2. The summed E-state index contributed by atoms with van der Waals surface area (Å²) in [5, 5.41) is 12.0. The molecule has 0 spiro atoms. The highest BCUT2D eigenvalue weighted by Gasteiger charge is 2.28. The van der Waals surface area contributed by atoms with Gasteiger partial charge in [-0.1, -0.05) is 0 Å². The van der Waals surface area contributed by atoms with Crippen molar-refractivity contribution in [3.05, 3.63) is 29.3 Å². The highest BCUT2D eigenvalue weighted by Crippen LogP contribution is 2.22. The van der Waals surface area contributed by atoms with E-state index < -0.39 is 11.9 Å². The number of rotatable bonds is 3. The molecular formula is C19H25N3O4. The molecule has 0 aromatic heterocycles. The Balaban J connectivity index is 1.65. The fourth-order valence-corrected chi connectivity index (χ4v) is 3.60. The van der Waals surface area contributed by atoms with Crippen LogP contribution in [-0.2, 0) is 4.79 Å². The number of aliphatic carboxylic acids is 1. The molecule has 7 nitrogen and oxygen atoms in total. The van der Waals surface area contributed by atoms with Gasteiger partial charge in [0.15, 0.2) is 0 Å². The second-order valence-electron chi connectivity index (χ2n) is 7.08. The number of carboxylic acids is 1. The molecule has 7 heteroatoms. The molecule has 0 aliphatic carbocycles. The lowest BCUT2D eigenvalue weighted by atomic mass is 9.99. The summed E-state index contributed by atoms with van der Waals surface area (Å²) in [6.07, 6.45) is 3.39. The molecule has 0 saturated carbocycles. The van der Waals surface area contributed by atoms with E-state index in [1.54, 1.807) is 23.1 Å². The Hall–Kier alpha value is -2.57. The Morgan fingerprint density at radius 1 is 1.08 bits per heavy atom. The zero-order valence-electron chi connectivity index (χ0n) is 15.0. The van der Waals surface area contributed by atoms with E-state index in [1.807, 2.05) is 11.8 Å². The van der Waals surface area contributed by atoms with Crippen LogP contribution in [0.25, 0.3) is 0 Å². The van der Waals surface area contributed by atoms with Gasteiger partial charge in [0.2, 0.25) is 0 Å². The van der Waals surface area contributed by atoms with Gasteiger partial charge in [-0.25, -0.2) is 4.79 Å². The van der Waals surface area contributed by atoms with Crippen molar-refractivity contribution in [2.45, 2.75) is 32.6 Å². The van der Waals surface area contributed by atoms with Crippen LogP contribution in [0.5, 0.6) is 0 Å². The smallest absolute Gasteiger partial charge is 0.321 e. The van der Waals surface area contributed by atoms with Crippen molar-refractivity contribution < 1.29 is 19.5 Å². The van der Waals surface area contributed by atoms with Crippen molar-refractivity contribution in [1.29, 1.82) is 0 Å². The minimum atomic E-state index is -0.858. The summed E-state index contributed by atoms with van der Waals surface area (Å²) >= 11 is 0. The summed E-state index contributed by atoms with van der Waals surface area (Å²) in [6, 6.07) is 4.99. The van der Waals surface area contributed by atoms with E-state index >= 15 is 0 Å². The zero-order valence-corrected chi connectivity index (χ0v) is 15.0. The predicted molar refractivity (Wildman–Crippen MR) is 97.3 cm³/mol. The standard InChI is InChI=1S/C19H25N3O4/c1-13-11-14(17(23)21-8-2-3-9-21)6-7-16(13)20-19(26)22-10-4-5-15(12-22)18(24)25/h6-7,11,15H,2-5,8-10,12H2,1H3,(H,20,26)(H,24,25). The summed E-state index contributed by atoms with van der Waals surface area (Å²) in [5.41, 5.74) is 2.09. The first-order chi connectivity index (χ1) is 12.5. The molecular weight excluding hydrogens is 334 g/mol. The van der Waals surface area contributed by atoms with E-state index in [2.05, 4.69) is 5.32 Å². The number of anilines is 1. The van der Waals surface area contributed by atoms with Gasteiger partial charge in [-0.3, -0.25) is 9.59 Å². The highest BCUT2D eigenvalue weighted by molar-refractivity contribution is 5.96. The first-order valence-electron chi connectivity index (χ1n) is 9.14. The van der Waals surface area contributed by atoms with Crippen LogP contribution in [0.2, 0.25) is 0 Å². The minimum absolute atomic E-state index is 0.0313. The van der Waals surface area contributed by atoms with Crippen LogP contribution in [0.3, 0.4) is 0 Å². The maximum Gasteiger partial charge on any atom is 0.321 e. The van der Waals surface area contributed by atoms with Gasteiger partial charge in [0.05, 0.1) is 5.92 Å². The summed E-state index contributed by atoms with van der Waals surface area (Å²) in [5.74, 6) is -1.33. The van der Waals surface area contributed by atoms with Gasteiger partial charge in [0.1, 0.15) is 0 Å². The van der Waals surface area contributed by atoms with Crippen molar-refractivity contribution in [1.82, 2.24) is 9.80 Å². The van der Waals surface area contributed by atoms with Crippen molar-refractivity contribution in [3.8, 4) is 0 Å². The number of carbonyl (C=O) groups is 3. The molecule has 1 atom stereocenters. The molecule has 2 fully saturated rings. The second kappa shape index (κ2) is 7.76. The lowest BCUT2D eigenvalue weighted by Crippen LogP contribution is -2.44. The fraction of sp³-hybridized carbons (Fsp3) is 0.526. The van der Waals surface area contributed by atoms with E-state index in [0.717, 1.165) is 31.5 Å². The molecule has 2 aliphatic rings. The Bertz CT molecular complexity index is 713. The predicted octanol–water partition coefficient (Wildman–Crippen LogP) is 2.56. The zero-order chi connectivity index (χ0) is 18.7. The molecule has 2 N–H and O–H groups in total. The third-order valence-electron chi connectivity index (χ3n) is 5.17. The molecule has 1 unspecified atom stereocenters. The first kappa shape index (κ1) is 18.2. The number of carboxylic acid groups (broad SMARTS) is 1. The Labute approximate surface area is 153 Å². The van der Waals surface area contributed by atoms with E-state index in [1.165, 1.54) is 0 Å². The summed E-state index contributed by atoms with van der Waals surface area (Å²) < 4.78 is 0. The largest absolute Gasteiger partial charge is 0.481 e. The van der Waals surface area contributed by atoms with Crippen molar-refractivity contribution >= 4 is 23.6 Å². The third kappa shape index (κ3) is 3.98. The lowest BCUT2D eigenvalue weighted by Gasteiger charge is -2.31. The van der Waals surface area contributed by atoms with Crippen molar-refractivity contribution in [2.24, 2.45) is 5.92 Å². The number of benzene rings is 1. The second-order valence-corrected chi connectivity index (χ2v) is 7.08. The molecule has 1 aromatic carbocycles. The van der Waals surface area contributed by atoms with Gasteiger partial charge >= 0.3 is 12.0 Å². The molecule has 140 valence electrons. The maximum atomic E-state index is 12.5. The summed E-state index contributed by atoms with van der Waals surface area (Å²) in [7, 11) is 0. The van der Waals surface area contributed by atoms with Gasteiger partial charge < -0.3 is 20.2 Å². The number of nitrogens with one attached hydrogen (secondary N) is 1. The van der Waals surface area contributed by atoms with Crippen molar-refractivity contribution in [3.63, 3.8) is 0 Å². The highest BCUT2D eigenvalue weighted by atomic mass is 16.4. The summed E-state index contributed by atoms with van der Waals surface area (Å²) in [4.78, 5) is 39.5. The van der Waals surface area contributed by atoms with Crippen LogP contribution >= 0.6 is 0 Å². The Morgan fingerprint density at radius 2 is 1.77 bits per heavy atom. The monoisotopic (exact) mass is 359 g/mol. The summed E-state index contributed by atoms with van der Waals surface area (Å²) in [6.45, 7) is 4.24. The van der Waals surface area contributed by atoms with E-state index in [9.17, 15) is 14.4 Å². The van der Waals surface area contributed by atoms with E-state index in [4.69, 9.17) is 5.11 Å². The lowest BCUT2D eigenvalue weighted by molar-refractivity contribution is -0.143. The minimum Gasteiger partial charge on any atom is -0.481 e. The van der Waals surface area contributed by atoms with Crippen LogP contribution in [0, 0.1) is 12.8 Å². The number of urea groups is 1. The molecule has 0 bridgehead atoms. The number of carbonyl (C=O) groups excluding carboxylic acids is 2. The van der Waals surface area contributed by atoms with Gasteiger partial charge in [0.25, 0.3) is 5.91 Å². The molecule has 1 aromatic rings. The number of hydrogen-bond donors (Lipinski definition) is 2. The van der Waals surface area contributed by atoms with Gasteiger partial charge in [-0.2, -0.15) is 0 Å². The number of nitrogens with zero attached hydrogens (tertiary/aromatic N) is 2. The van der Waals surface area contributed by atoms with E-state index in [-0.39, 0.29) is 18.5 Å². The molecule has 0 radical (unpaired) electrons. The van der Waals surface area contributed by atoms with Crippen molar-refractivity contribution in [2.75, 3.05) is 31.5 Å². The number of amides is 3. The average molecular weight is 359 g/mol. The van der Waals surface area contributed by atoms with Crippen LogP contribution in [0.15, 0.2) is 18.2 Å². The SMILES string of the molecule is Cc1cc(C(=O)N2CCCC2)ccc1NC(=O)N1CCCC(C(=O)O)C1. The fourth-order valence-electron chi connectivity index (χ4n) is 3.60. The Morgan fingerprint density at radius 3 is 2.42 bits per heavy atom. The van der Waals surface area contributed by atoms with Crippen LogP contribution < -0.4 is 5.32 Å². The third-order valence-corrected chi connectivity index (χ3v) is 5.17. The van der Waals surface area contributed by atoms with Crippen LogP contribution in [0.1, 0.15) is 41.6 Å². The Kier molecular flexibility index (Phi) is 5.44. The maximum absolute atomic E-state index is 12.5. The van der Waals surface area contributed by atoms with Crippen LogP contribution in [0.4, 0.5) is 10.5 Å². The van der Waals surface area contributed by atoms with Crippen LogP contribution in [-0.4, -0.2) is 59.0 Å². The molecule has 2 saturated heterocycles. The average Bonchev–Trinajstić information content (AvgIpc) is 3.17.